The summed E-state index contributed by atoms with van der Waals surface area (Å²) in [6.45, 7) is 1.15. The van der Waals surface area contributed by atoms with Crippen molar-refractivity contribution in [2.24, 2.45) is 4.99 Å². The first-order valence-corrected chi connectivity index (χ1v) is 3.91. The highest BCUT2D eigenvalue weighted by atomic mass is 16.5. The van der Waals surface area contributed by atoms with Gasteiger partial charge in [0.1, 0.15) is 0 Å². The van der Waals surface area contributed by atoms with E-state index in [-0.39, 0.29) is 0 Å². The average molecular weight is 166 g/mol. The highest BCUT2D eigenvalue weighted by Gasteiger charge is 2.30. The number of rotatable bonds is 1. The summed E-state index contributed by atoms with van der Waals surface area (Å²) in [5.41, 5.74) is -0.863. The first-order chi connectivity index (χ1) is 5.83. The SMILES string of the molecule is N#CC1(N=C=O)CCCOCC1. The maximum Gasteiger partial charge on any atom is 0.236 e. The van der Waals surface area contributed by atoms with Gasteiger partial charge in [0.25, 0.3) is 0 Å². The third-order valence-electron chi connectivity index (χ3n) is 2.01. The smallest absolute Gasteiger partial charge is 0.236 e. The van der Waals surface area contributed by atoms with Gasteiger partial charge in [-0.3, -0.25) is 0 Å². The first kappa shape index (κ1) is 8.92. The summed E-state index contributed by atoms with van der Waals surface area (Å²) in [4.78, 5) is 13.6. The van der Waals surface area contributed by atoms with Crippen LogP contribution in [0.15, 0.2) is 4.99 Å². The van der Waals surface area contributed by atoms with Crippen LogP contribution in [0.2, 0.25) is 0 Å². The number of ether oxygens (including phenoxy) is 1. The molecule has 64 valence electrons. The Morgan fingerprint density at radius 1 is 1.42 bits per heavy atom. The molecule has 4 nitrogen and oxygen atoms in total. The molecule has 0 aromatic rings. The average Bonchev–Trinajstić information content (AvgIpc) is 2.32. The second-order valence-electron chi connectivity index (χ2n) is 2.81. The molecule has 1 aliphatic rings. The Kier molecular flexibility index (Phi) is 2.98. The number of hydrogen-bond donors (Lipinski definition) is 0. The molecule has 1 rings (SSSR count). The third-order valence-corrected chi connectivity index (χ3v) is 2.01. The second-order valence-corrected chi connectivity index (χ2v) is 2.81. The lowest BCUT2D eigenvalue weighted by molar-refractivity contribution is 0.142. The highest BCUT2D eigenvalue weighted by molar-refractivity contribution is 5.37. The van der Waals surface area contributed by atoms with E-state index in [1.54, 1.807) is 0 Å². The highest BCUT2D eigenvalue weighted by Crippen LogP contribution is 2.24. The van der Waals surface area contributed by atoms with Gasteiger partial charge in [0.2, 0.25) is 6.08 Å². The van der Waals surface area contributed by atoms with Crippen molar-refractivity contribution < 1.29 is 9.53 Å². The molecule has 1 saturated heterocycles. The van der Waals surface area contributed by atoms with Crippen LogP contribution in [0.25, 0.3) is 0 Å². The van der Waals surface area contributed by atoms with Crippen LogP contribution < -0.4 is 0 Å². The largest absolute Gasteiger partial charge is 0.381 e. The Morgan fingerprint density at radius 3 is 2.92 bits per heavy atom. The normalized spacial score (nSPS) is 29.6. The van der Waals surface area contributed by atoms with Crippen molar-refractivity contribution in [2.75, 3.05) is 13.2 Å². The molecular formula is C8H10N2O2. The van der Waals surface area contributed by atoms with Gasteiger partial charge in [0.15, 0.2) is 5.54 Å². The molecule has 0 saturated carbocycles. The van der Waals surface area contributed by atoms with Gasteiger partial charge in [-0.05, 0) is 12.8 Å². The van der Waals surface area contributed by atoms with E-state index in [0.717, 1.165) is 6.42 Å². The van der Waals surface area contributed by atoms with Gasteiger partial charge in [-0.25, -0.2) is 4.79 Å². The summed E-state index contributed by atoms with van der Waals surface area (Å²) in [7, 11) is 0. The molecule has 0 N–H and O–H groups in total. The number of aliphatic imine (C=N–C) groups is 1. The molecule has 0 amide bonds. The third kappa shape index (κ3) is 1.91. The first-order valence-electron chi connectivity index (χ1n) is 3.91. The van der Waals surface area contributed by atoms with Gasteiger partial charge in [-0.2, -0.15) is 10.3 Å². The van der Waals surface area contributed by atoms with Crippen molar-refractivity contribution in [1.82, 2.24) is 0 Å². The Balaban J connectivity index is 2.76. The van der Waals surface area contributed by atoms with E-state index in [9.17, 15) is 4.79 Å². The van der Waals surface area contributed by atoms with Crippen LogP contribution in [0, 0.1) is 11.3 Å². The topological polar surface area (TPSA) is 62.5 Å². The van der Waals surface area contributed by atoms with E-state index in [1.165, 1.54) is 6.08 Å². The van der Waals surface area contributed by atoms with Crippen LogP contribution in [0.1, 0.15) is 19.3 Å². The summed E-state index contributed by atoms with van der Waals surface area (Å²) < 4.78 is 5.16. The van der Waals surface area contributed by atoms with Crippen molar-refractivity contribution in [3.8, 4) is 6.07 Å². The van der Waals surface area contributed by atoms with Gasteiger partial charge < -0.3 is 4.74 Å². The molecule has 12 heavy (non-hydrogen) atoms. The summed E-state index contributed by atoms with van der Waals surface area (Å²) in [5, 5.41) is 8.82. The zero-order valence-corrected chi connectivity index (χ0v) is 6.75. The Labute approximate surface area is 70.9 Å². The monoisotopic (exact) mass is 166 g/mol. The fraction of sp³-hybridized carbons (Fsp3) is 0.750. The molecule has 1 fully saturated rings. The van der Waals surface area contributed by atoms with Gasteiger partial charge in [0.05, 0.1) is 6.07 Å². The molecule has 0 aromatic heterocycles. The summed E-state index contributed by atoms with van der Waals surface area (Å²) >= 11 is 0. The molecule has 1 unspecified atom stereocenters. The van der Waals surface area contributed by atoms with Gasteiger partial charge in [-0.1, -0.05) is 0 Å². The van der Waals surface area contributed by atoms with Crippen LogP contribution >= 0.6 is 0 Å². The fourth-order valence-electron chi connectivity index (χ4n) is 1.27. The number of nitrogens with zero attached hydrogens (tertiary/aromatic N) is 2. The predicted octanol–water partition coefficient (Wildman–Crippen LogP) is 0.785. The maximum absolute atomic E-state index is 10.1. The Hall–Kier alpha value is -1.17. The molecule has 0 bridgehead atoms. The lowest BCUT2D eigenvalue weighted by Crippen LogP contribution is -2.24. The lowest BCUT2D eigenvalue weighted by Gasteiger charge is -2.15. The standard InChI is InChI=1S/C8H10N2O2/c9-6-8(10-7-11)2-1-4-12-5-3-8/h1-5H2. The van der Waals surface area contributed by atoms with E-state index >= 15 is 0 Å². The molecule has 0 spiro atoms. The summed E-state index contributed by atoms with van der Waals surface area (Å²) in [6.07, 6.45) is 3.33. The van der Waals surface area contributed by atoms with Crippen LogP contribution in [-0.4, -0.2) is 24.8 Å². The van der Waals surface area contributed by atoms with Crippen molar-refractivity contribution >= 4 is 6.08 Å². The zero-order chi connectivity index (χ0) is 8.86. The molecular weight excluding hydrogens is 156 g/mol. The van der Waals surface area contributed by atoms with Crippen molar-refractivity contribution in [3.63, 3.8) is 0 Å². The molecule has 0 aliphatic carbocycles. The van der Waals surface area contributed by atoms with Gasteiger partial charge in [0, 0.05) is 19.6 Å². The van der Waals surface area contributed by atoms with Crippen molar-refractivity contribution in [1.29, 1.82) is 5.26 Å². The molecule has 0 radical (unpaired) electrons. The Morgan fingerprint density at radius 2 is 2.25 bits per heavy atom. The van der Waals surface area contributed by atoms with E-state index in [2.05, 4.69) is 4.99 Å². The number of nitriles is 1. The van der Waals surface area contributed by atoms with E-state index in [0.29, 0.717) is 26.1 Å². The predicted molar refractivity (Wildman–Crippen MR) is 41.1 cm³/mol. The van der Waals surface area contributed by atoms with Crippen LogP contribution in [-0.2, 0) is 9.53 Å². The van der Waals surface area contributed by atoms with E-state index in [1.807, 2.05) is 6.07 Å². The van der Waals surface area contributed by atoms with Gasteiger partial charge >= 0.3 is 0 Å². The van der Waals surface area contributed by atoms with E-state index < -0.39 is 5.54 Å². The minimum Gasteiger partial charge on any atom is -0.381 e. The zero-order valence-electron chi connectivity index (χ0n) is 6.75. The minimum absolute atomic E-state index is 0.499. The number of isocyanates is 1. The van der Waals surface area contributed by atoms with Crippen molar-refractivity contribution in [2.45, 2.75) is 24.8 Å². The Bertz CT molecular complexity index is 230. The molecule has 1 heterocycles. The van der Waals surface area contributed by atoms with Gasteiger partial charge in [-0.15, -0.1) is 0 Å². The number of hydrogen-bond acceptors (Lipinski definition) is 4. The summed E-state index contributed by atoms with van der Waals surface area (Å²) in [6, 6.07) is 2.05. The van der Waals surface area contributed by atoms with Crippen LogP contribution in [0.3, 0.4) is 0 Å². The molecule has 1 aliphatic heterocycles. The minimum atomic E-state index is -0.863. The second kappa shape index (κ2) is 4.01. The fourth-order valence-corrected chi connectivity index (χ4v) is 1.27. The molecule has 4 heteroatoms. The van der Waals surface area contributed by atoms with E-state index in [4.69, 9.17) is 10.00 Å². The molecule has 0 aromatic carbocycles. The van der Waals surface area contributed by atoms with Crippen LogP contribution in [0.5, 0.6) is 0 Å². The maximum atomic E-state index is 10.1. The van der Waals surface area contributed by atoms with Crippen molar-refractivity contribution in [3.05, 3.63) is 0 Å². The van der Waals surface area contributed by atoms with Crippen LogP contribution in [0.4, 0.5) is 0 Å². The lowest BCUT2D eigenvalue weighted by atomic mass is 9.93. The molecule has 1 atom stereocenters. The number of carbonyl (C=O) groups excluding carboxylic acids is 1. The quantitative estimate of drug-likeness (QED) is 0.427. The summed E-state index contributed by atoms with van der Waals surface area (Å²) in [5.74, 6) is 0.